The van der Waals surface area contributed by atoms with E-state index in [1.165, 1.54) is 23.4 Å². The topological polar surface area (TPSA) is 40.6 Å². The van der Waals surface area contributed by atoms with Gasteiger partial charge in [0.1, 0.15) is 0 Å². The van der Waals surface area contributed by atoms with Crippen LogP contribution in [0, 0.1) is 12.8 Å². The number of carbonyl (C=O) groups excluding carboxylic acids is 2. The maximum atomic E-state index is 12.6. The van der Waals surface area contributed by atoms with Gasteiger partial charge in [-0.2, -0.15) is 0 Å². The summed E-state index contributed by atoms with van der Waals surface area (Å²) in [6.07, 6.45) is 2.42. The van der Waals surface area contributed by atoms with Crippen molar-refractivity contribution < 1.29 is 9.59 Å². The molecule has 0 aromatic heterocycles. The number of fused-ring (bicyclic) bond motifs is 1. The van der Waals surface area contributed by atoms with Crippen LogP contribution in [0.5, 0.6) is 0 Å². The van der Waals surface area contributed by atoms with Crippen LogP contribution in [-0.4, -0.2) is 29.8 Å². The van der Waals surface area contributed by atoms with Crippen LogP contribution < -0.4 is 4.90 Å². The second kappa shape index (κ2) is 6.60. The van der Waals surface area contributed by atoms with Gasteiger partial charge in [0, 0.05) is 18.8 Å². The molecule has 2 aromatic carbocycles. The van der Waals surface area contributed by atoms with Gasteiger partial charge in [-0.1, -0.05) is 25.1 Å². The van der Waals surface area contributed by atoms with Crippen molar-refractivity contribution in [1.29, 1.82) is 0 Å². The van der Waals surface area contributed by atoms with Gasteiger partial charge in [0.25, 0.3) is 11.8 Å². The lowest BCUT2D eigenvalue weighted by Crippen LogP contribution is -2.33. The molecule has 0 saturated carbocycles. The van der Waals surface area contributed by atoms with Crippen LogP contribution in [0.1, 0.15) is 51.6 Å². The molecular weight excluding hydrogens is 324 g/mol. The first-order chi connectivity index (χ1) is 12.5. The van der Waals surface area contributed by atoms with Crippen molar-refractivity contribution in [1.82, 2.24) is 4.90 Å². The lowest BCUT2D eigenvalue weighted by Gasteiger charge is -2.32. The quantitative estimate of drug-likeness (QED) is 0.787. The molecule has 1 saturated heterocycles. The number of imide groups is 1. The molecule has 0 unspecified atom stereocenters. The number of rotatable bonds is 3. The van der Waals surface area contributed by atoms with Gasteiger partial charge in [0.2, 0.25) is 0 Å². The van der Waals surface area contributed by atoms with Crippen LogP contribution in [0.3, 0.4) is 0 Å². The summed E-state index contributed by atoms with van der Waals surface area (Å²) in [7, 11) is 0. The number of nitrogens with zero attached hydrogens (tertiary/aromatic N) is 2. The van der Waals surface area contributed by atoms with Gasteiger partial charge >= 0.3 is 0 Å². The van der Waals surface area contributed by atoms with E-state index in [9.17, 15) is 9.59 Å². The van der Waals surface area contributed by atoms with Crippen molar-refractivity contribution in [3.8, 4) is 0 Å². The number of benzene rings is 2. The fraction of sp³-hybridized carbons (Fsp3) is 0.364. The molecule has 2 aliphatic rings. The molecule has 0 atom stereocenters. The Hall–Kier alpha value is -2.62. The first kappa shape index (κ1) is 16.8. The predicted octanol–water partition coefficient (Wildman–Crippen LogP) is 4.03. The van der Waals surface area contributed by atoms with Crippen molar-refractivity contribution >= 4 is 17.5 Å². The minimum atomic E-state index is -0.194. The zero-order valence-corrected chi connectivity index (χ0v) is 15.4. The SMILES string of the molecule is Cc1cc(CN2C(=O)c3ccccc3C2=O)cc(N2CCC(C)CC2)c1. The average molecular weight is 348 g/mol. The summed E-state index contributed by atoms with van der Waals surface area (Å²) in [5, 5.41) is 0. The molecule has 4 nitrogen and oxygen atoms in total. The molecule has 134 valence electrons. The third-order valence-corrected chi connectivity index (χ3v) is 5.49. The fourth-order valence-corrected chi connectivity index (χ4v) is 3.95. The minimum absolute atomic E-state index is 0.194. The Labute approximate surface area is 154 Å². The van der Waals surface area contributed by atoms with Gasteiger partial charge in [-0.25, -0.2) is 0 Å². The van der Waals surface area contributed by atoms with Gasteiger partial charge in [0.05, 0.1) is 17.7 Å². The summed E-state index contributed by atoms with van der Waals surface area (Å²) in [5.41, 5.74) is 4.38. The smallest absolute Gasteiger partial charge is 0.261 e. The van der Waals surface area contributed by atoms with Crippen LogP contribution in [0.2, 0.25) is 0 Å². The molecular formula is C22H24N2O2. The molecule has 2 heterocycles. The molecule has 4 rings (SSSR count). The highest BCUT2D eigenvalue weighted by Gasteiger charge is 2.35. The molecule has 0 spiro atoms. The molecule has 0 radical (unpaired) electrons. The Bertz CT molecular complexity index is 831. The fourth-order valence-electron chi connectivity index (χ4n) is 3.95. The molecule has 4 heteroatoms. The van der Waals surface area contributed by atoms with Gasteiger partial charge in [-0.3, -0.25) is 14.5 Å². The third-order valence-electron chi connectivity index (χ3n) is 5.49. The zero-order chi connectivity index (χ0) is 18.3. The van der Waals surface area contributed by atoms with Crippen LogP contribution in [-0.2, 0) is 6.54 Å². The van der Waals surface area contributed by atoms with E-state index >= 15 is 0 Å². The summed E-state index contributed by atoms with van der Waals surface area (Å²) in [5.74, 6) is 0.398. The van der Waals surface area contributed by atoms with Crippen molar-refractivity contribution in [2.45, 2.75) is 33.2 Å². The van der Waals surface area contributed by atoms with E-state index in [1.807, 2.05) is 0 Å². The van der Waals surface area contributed by atoms with Crippen molar-refractivity contribution in [3.05, 3.63) is 64.7 Å². The molecule has 2 amide bonds. The Morgan fingerprint density at radius 3 is 2.19 bits per heavy atom. The van der Waals surface area contributed by atoms with Crippen LogP contribution >= 0.6 is 0 Å². The van der Waals surface area contributed by atoms with E-state index in [4.69, 9.17) is 0 Å². The van der Waals surface area contributed by atoms with E-state index in [0.29, 0.717) is 17.7 Å². The second-order valence-electron chi connectivity index (χ2n) is 7.59. The summed E-state index contributed by atoms with van der Waals surface area (Å²) in [6, 6.07) is 13.5. The normalized spacial score (nSPS) is 17.8. The Balaban J connectivity index is 1.58. The third kappa shape index (κ3) is 3.00. The van der Waals surface area contributed by atoms with Crippen molar-refractivity contribution in [2.24, 2.45) is 5.92 Å². The molecule has 1 fully saturated rings. The molecule has 26 heavy (non-hydrogen) atoms. The number of aryl methyl sites for hydroxylation is 1. The summed E-state index contributed by atoms with van der Waals surface area (Å²) < 4.78 is 0. The van der Waals surface area contributed by atoms with Crippen LogP contribution in [0.25, 0.3) is 0 Å². The van der Waals surface area contributed by atoms with E-state index in [1.54, 1.807) is 24.3 Å². The Kier molecular flexibility index (Phi) is 4.27. The van der Waals surface area contributed by atoms with Crippen LogP contribution in [0.15, 0.2) is 42.5 Å². The first-order valence-corrected chi connectivity index (χ1v) is 9.33. The standard InChI is InChI=1S/C22H24N2O2/c1-15-7-9-23(10-8-15)18-12-16(2)11-17(13-18)14-24-21(25)19-5-3-4-6-20(19)22(24)26/h3-6,11-13,15H,7-10,14H2,1-2H3. The number of hydrogen-bond donors (Lipinski definition) is 0. The van der Waals surface area contributed by atoms with Gasteiger partial charge in [0.15, 0.2) is 0 Å². The first-order valence-electron chi connectivity index (χ1n) is 9.33. The molecule has 2 aliphatic heterocycles. The lowest BCUT2D eigenvalue weighted by atomic mass is 9.98. The Morgan fingerprint density at radius 1 is 0.962 bits per heavy atom. The van der Waals surface area contributed by atoms with E-state index in [2.05, 4.69) is 36.9 Å². The maximum absolute atomic E-state index is 12.6. The number of piperidine rings is 1. The van der Waals surface area contributed by atoms with Gasteiger partial charge < -0.3 is 4.90 Å². The lowest BCUT2D eigenvalue weighted by molar-refractivity contribution is 0.0642. The monoisotopic (exact) mass is 348 g/mol. The minimum Gasteiger partial charge on any atom is -0.371 e. The number of amides is 2. The highest BCUT2D eigenvalue weighted by atomic mass is 16.2. The summed E-state index contributed by atoms with van der Waals surface area (Å²) in [6.45, 7) is 6.84. The maximum Gasteiger partial charge on any atom is 0.261 e. The highest BCUT2D eigenvalue weighted by molar-refractivity contribution is 6.21. The van der Waals surface area contributed by atoms with Gasteiger partial charge in [-0.05, 0) is 61.1 Å². The second-order valence-corrected chi connectivity index (χ2v) is 7.59. The van der Waals surface area contributed by atoms with Crippen molar-refractivity contribution in [3.63, 3.8) is 0 Å². The predicted molar refractivity (Wildman–Crippen MR) is 102 cm³/mol. The van der Waals surface area contributed by atoms with Gasteiger partial charge in [-0.15, -0.1) is 0 Å². The van der Waals surface area contributed by atoms with Crippen LogP contribution in [0.4, 0.5) is 5.69 Å². The largest absolute Gasteiger partial charge is 0.371 e. The summed E-state index contributed by atoms with van der Waals surface area (Å²) in [4.78, 5) is 29.0. The van der Waals surface area contributed by atoms with Crippen molar-refractivity contribution in [2.75, 3.05) is 18.0 Å². The number of hydrogen-bond acceptors (Lipinski definition) is 3. The highest BCUT2D eigenvalue weighted by Crippen LogP contribution is 2.28. The zero-order valence-electron chi connectivity index (χ0n) is 15.4. The number of carbonyl (C=O) groups is 2. The van der Waals surface area contributed by atoms with E-state index < -0.39 is 0 Å². The molecule has 0 bridgehead atoms. The molecule has 0 N–H and O–H groups in total. The van der Waals surface area contributed by atoms with E-state index in [-0.39, 0.29) is 11.8 Å². The van der Waals surface area contributed by atoms with E-state index in [0.717, 1.165) is 30.1 Å². The Morgan fingerprint density at radius 2 is 1.58 bits per heavy atom. The molecule has 2 aromatic rings. The number of anilines is 1. The summed E-state index contributed by atoms with van der Waals surface area (Å²) >= 11 is 0. The molecule has 0 aliphatic carbocycles. The average Bonchev–Trinajstić information content (AvgIpc) is 2.87.